The largest absolute Gasteiger partial charge is 0.497 e. The number of hydrogen-bond donors (Lipinski definition) is 1. The number of benzene rings is 1. The molecule has 0 aliphatic carbocycles. The van der Waals surface area contributed by atoms with Gasteiger partial charge in [0.2, 0.25) is 0 Å². The highest BCUT2D eigenvalue weighted by atomic mass is 16.7. The molecule has 1 aromatic rings. The molecule has 1 N–H and O–H groups in total. The minimum absolute atomic E-state index is 0.0970. The van der Waals surface area contributed by atoms with E-state index in [0.717, 1.165) is 11.3 Å². The van der Waals surface area contributed by atoms with Gasteiger partial charge in [0, 0.05) is 0 Å². The van der Waals surface area contributed by atoms with Crippen LogP contribution >= 0.6 is 0 Å². The van der Waals surface area contributed by atoms with E-state index in [1.54, 1.807) is 7.11 Å². The number of aliphatic hydroxyl groups excluding tert-OH is 1. The summed E-state index contributed by atoms with van der Waals surface area (Å²) in [7, 11) is 1.63. The van der Waals surface area contributed by atoms with Gasteiger partial charge < -0.3 is 24.1 Å². The second-order valence-corrected chi connectivity index (χ2v) is 5.25. The van der Waals surface area contributed by atoms with Gasteiger partial charge in [-0.05, 0) is 31.5 Å². The molecule has 0 radical (unpaired) electrons. The van der Waals surface area contributed by atoms with E-state index in [4.69, 9.17) is 18.9 Å². The second-order valence-electron chi connectivity index (χ2n) is 5.25. The molecule has 20 heavy (non-hydrogen) atoms. The number of rotatable bonds is 6. The van der Waals surface area contributed by atoms with Gasteiger partial charge >= 0.3 is 0 Å². The molecule has 1 aliphatic heterocycles. The van der Waals surface area contributed by atoms with Gasteiger partial charge in [-0.15, -0.1) is 0 Å². The standard InChI is InChI=1S/C15H22O5/c1-15(2)19-10-14(20-15)13(8-16)18-9-11-4-6-12(17-3)7-5-11/h4-7,13-14,16H,8-10H2,1-3H3/t13?,14-/m0/s1. The van der Waals surface area contributed by atoms with Crippen molar-refractivity contribution in [1.82, 2.24) is 0 Å². The fourth-order valence-electron chi connectivity index (χ4n) is 2.10. The molecule has 0 spiro atoms. The van der Waals surface area contributed by atoms with E-state index in [-0.39, 0.29) is 18.8 Å². The summed E-state index contributed by atoms with van der Waals surface area (Å²) in [5, 5.41) is 9.44. The molecule has 0 saturated carbocycles. The molecular weight excluding hydrogens is 260 g/mol. The van der Waals surface area contributed by atoms with Crippen molar-refractivity contribution in [2.45, 2.75) is 38.4 Å². The van der Waals surface area contributed by atoms with Gasteiger partial charge in [-0.1, -0.05) is 12.1 Å². The van der Waals surface area contributed by atoms with Gasteiger partial charge in [-0.25, -0.2) is 0 Å². The molecule has 2 rings (SSSR count). The molecule has 1 aromatic carbocycles. The molecule has 5 nitrogen and oxygen atoms in total. The predicted molar refractivity (Wildman–Crippen MR) is 73.6 cm³/mol. The monoisotopic (exact) mass is 282 g/mol. The lowest BCUT2D eigenvalue weighted by Gasteiger charge is -2.23. The first-order valence-electron chi connectivity index (χ1n) is 6.71. The van der Waals surface area contributed by atoms with Crippen LogP contribution < -0.4 is 4.74 Å². The molecular formula is C15H22O5. The highest BCUT2D eigenvalue weighted by molar-refractivity contribution is 5.26. The highest BCUT2D eigenvalue weighted by Gasteiger charge is 2.37. The van der Waals surface area contributed by atoms with Crippen LogP contribution in [0.2, 0.25) is 0 Å². The average molecular weight is 282 g/mol. The van der Waals surface area contributed by atoms with Crippen molar-refractivity contribution in [3.63, 3.8) is 0 Å². The summed E-state index contributed by atoms with van der Waals surface area (Å²) in [5.74, 6) is 0.198. The van der Waals surface area contributed by atoms with Gasteiger partial charge in [0.1, 0.15) is 18.0 Å². The SMILES string of the molecule is COc1ccc(COC(CO)[C@@H]2COC(C)(C)O2)cc1. The van der Waals surface area contributed by atoms with Gasteiger partial charge in [0.05, 0.1) is 26.9 Å². The highest BCUT2D eigenvalue weighted by Crippen LogP contribution is 2.25. The van der Waals surface area contributed by atoms with Crippen molar-refractivity contribution in [2.24, 2.45) is 0 Å². The lowest BCUT2D eigenvalue weighted by atomic mass is 10.2. The van der Waals surface area contributed by atoms with E-state index in [2.05, 4.69) is 0 Å². The second kappa shape index (κ2) is 6.54. The molecule has 0 bridgehead atoms. The molecule has 1 aliphatic rings. The van der Waals surface area contributed by atoms with Crippen LogP contribution in [-0.2, 0) is 20.8 Å². The first-order valence-corrected chi connectivity index (χ1v) is 6.71. The summed E-state index contributed by atoms with van der Waals surface area (Å²) in [6, 6.07) is 7.63. The lowest BCUT2D eigenvalue weighted by Crippen LogP contribution is -2.35. The van der Waals surface area contributed by atoms with Crippen LogP contribution in [0.1, 0.15) is 19.4 Å². The Bertz CT molecular complexity index is 415. The van der Waals surface area contributed by atoms with E-state index in [9.17, 15) is 5.11 Å². The Hall–Kier alpha value is -1.14. The smallest absolute Gasteiger partial charge is 0.163 e. The minimum atomic E-state index is -0.610. The third kappa shape index (κ3) is 3.93. The van der Waals surface area contributed by atoms with Crippen LogP contribution in [0, 0.1) is 0 Å². The summed E-state index contributed by atoms with van der Waals surface area (Å²) in [5.41, 5.74) is 1.02. The van der Waals surface area contributed by atoms with Crippen molar-refractivity contribution in [3.8, 4) is 5.75 Å². The molecule has 5 heteroatoms. The zero-order valence-corrected chi connectivity index (χ0v) is 12.2. The molecule has 1 saturated heterocycles. The topological polar surface area (TPSA) is 57.2 Å². The van der Waals surface area contributed by atoms with Crippen LogP contribution in [0.5, 0.6) is 5.75 Å². The Morgan fingerprint density at radius 2 is 2.05 bits per heavy atom. The van der Waals surface area contributed by atoms with Crippen LogP contribution in [0.15, 0.2) is 24.3 Å². The van der Waals surface area contributed by atoms with E-state index >= 15 is 0 Å². The zero-order valence-electron chi connectivity index (χ0n) is 12.2. The van der Waals surface area contributed by atoms with E-state index < -0.39 is 5.79 Å². The summed E-state index contributed by atoms with van der Waals surface area (Å²) >= 11 is 0. The maximum absolute atomic E-state index is 9.44. The number of hydrogen-bond acceptors (Lipinski definition) is 5. The van der Waals surface area contributed by atoms with Crippen molar-refractivity contribution in [1.29, 1.82) is 0 Å². The Morgan fingerprint density at radius 3 is 2.55 bits per heavy atom. The average Bonchev–Trinajstić information content (AvgIpc) is 2.80. The van der Waals surface area contributed by atoms with E-state index in [0.29, 0.717) is 13.2 Å². The Labute approximate surface area is 119 Å². The van der Waals surface area contributed by atoms with Gasteiger partial charge in [-0.3, -0.25) is 0 Å². The first kappa shape index (κ1) is 15.3. The molecule has 0 amide bonds. The van der Waals surface area contributed by atoms with Crippen molar-refractivity contribution in [3.05, 3.63) is 29.8 Å². The fourth-order valence-corrected chi connectivity index (χ4v) is 2.10. The molecule has 1 unspecified atom stereocenters. The first-order chi connectivity index (χ1) is 9.54. The third-order valence-electron chi connectivity index (χ3n) is 3.25. The van der Waals surface area contributed by atoms with Crippen molar-refractivity contribution in [2.75, 3.05) is 20.3 Å². The quantitative estimate of drug-likeness (QED) is 0.861. The summed E-state index contributed by atoms with van der Waals surface area (Å²) < 4.78 is 22.0. The van der Waals surface area contributed by atoms with E-state index in [1.807, 2.05) is 38.1 Å². The summed E-state index contributed by atoms with van der Waals surface area (Å²) in [6.07, 6.45) is -0.632. The van der Waals surface area contributed by atoms with Crippen LogP contribution in [0.4, 0.5) is 0 Å². The van der Waals surface area contributed by atoms with Crippen LogP contribution in [-0.4, -0.2) is 43.4 Å². The molecule has 0 aromatic heterocycles. The number of methoxy groups -OCH3 is 1. The molecule has 112 valence electrons. The van der Waals surface area contributed by atoms with Crippen LogP contribution in [0.25, 0.3) is 0 Å². The van der Waals surface area contributed by atoms with Gasteiger partial charge in [-0.2, -0.15) is 0 Å². The zero-order chi connectivity index (χ0) is 14.6. The molecule has 1 heterocycles. The normalized spacial score (nSPS) is 22.7. The minimum Gasteiger partial charge on any atom is -0.497 e. The number of ether oxygens (including phenoxy) is 4. The fraction of sp³-hybridized carbons (Fsp3) is 0.600. The van der Waals surface area contributed by atoms with Crippen LogP contribution in [0.3, 0.4) is 0 Å². The Morgan fingerprint density at radius 1 is 1.35 bits per heavy atom. The van der Waals surface area contributed by atoms with Crippen molar-refractivity contribution < 1.29 is 24.1 Å². The Balaban J connectivity index is 1.87. The van der Waals surface area contributed by atoms with Crippen molar-refractivity contribution >= 4 is 0 Å². The number of aliphatic hydroxyl groups is 1. The molecule has 1 fully saturated rings. The van der Waals surface area contributed by atoms with Gasteiger partial charge in [0.15, 0.2) is 5.79 Å². The Kier molecular flexibility index (Phi) is 4.99. The molecule has 2 atom stereocenters. The maximum atomic E-state index is 9.44. The maximum Gasteiger partial charge on any atom is 0.163 e. The summed E-state index contributed by atoms with van der Waals surface area (Å²) in [4.78, 5) is 0. The predicted octanol–water partition coefficient (Wildman–Crippen LogP) is 1.72. The van der Waals surface area contributed by atoms with E-state index in [1.165, 1.54) is 0 Å². The third-order valence-corrected chi connectivity index (χ3v) is 3.25. The lowest BCUT2D eigenvalue weighted by molar-refractivity contribution is -0.162. The summed E-state index contributed by atoms with van der Waals surface area (Å²) in [6.45, 7) is 4.45. The van der Waals surface area contributed by atoms with Gasteiger partial charge in [0.25, 0.3) is 0 Å².